The first-order valence-electron chi connectivity index (χ1n) is 5.79. The standard InChI is InChI=1S/C15H18O2/c1-11-7-12(2)10-17-15(8-11)13-5-4-6-14(9-13)16-3/h4-7,9,15H,2,8,10H2,1,3H3. The molecule has 0 saturated heterocycles. The second-order valence-electron chi connectivity index (χ2n) is 4.43. The Balaban J connectivity index is 2.21. The minimum absolute atomic E-state index is 0.0978. The van der Waals surface area contributed by atoms with E-state index in [1.54, 1.807) is 7.11 Å². The molecule has 0 radical (unpaired) electrons. The summed E-state index contributed by atoms with van der Waals surface area (Å²) in [4.78, 5) is 0. The molecule has 2 heteroatoms. The number of benzene rings is 1. The lowest BCUT2D eigenvalue weighted by Crippen LogP contribution is -2.04. The molecule has 0 saturated carbocycles. The van der Waals surface area contributed by atoms with Crippen molar-refractivity contribution in [3.05, 3.63) is 53.6 Å². The Morgan fingerprint density at radius 1 is 1.41 bits per heavy atom. The lowest BCUT2D eigenvalue weighted by atomic mass is 10.0. The van der Waals surface area contributed by atoms with E-state index < -0.39 is 0 Å². The molecular weight excluding hydrogens is 212 g/mol. The van der Waals surface area contributed by atoms with Crippen molar-refractivity contribution in [3.63, 3.8) is 0 Å². The van der Waals surface area contributed by atoms with Crippen LogP contribution in [0.1, 0.15) is 25.0 Å². The van der Waals surface area contributed by atoms with Gasteiger partial charge in [0.15, 0.2) is 0 Å². The topological polar surface area (TPSA) is 18.5 Å². The van der Waals surface area contributed by atoms with Gasteiger partial charge in [0.25, 0.3) is 0 Å². The predicted molar refractivity (Wildman–Crippen MR) is 69.2 cm³/mol. The van der Waals surface area contributed by atoms with Crippen LogP contribution in [0.4, 0.5) is 0 Å². The normalized spacial score (nSPS) is 20.7. The summed E-state index contributed by atoms with van der Waals surface area (Å²) in [5.74, 6) is 0.871. The Kier molecular flexibility index (Phi) is 3.64. The molecule has 1 aromatic rings. The van der Waals surface area contributed by atoms with Gasteiger partial charge in [0.05, 0.1) is 19.8 Å². The highest BCUT2D eigenvalue weighted by Gasteiger charge is 2.16. The maximum absolute atomic E-state index is 5.86. The van der Waals surface area contributed by atoms with Gasteiger partial charge in [0, 0.05) is 0 Å². The van der Waals surface area contributed by atoms with E-state index >= 15 is 0 Å². The van der Waals surface area contributed by atoms with Crippen molar-refractivity contribution in [2.45, 2.75) is 19.4 Å². The van der Waals surface area contributed by atoms with Crippen LogP contribution in [0.5, 0.6) is 5.75 Å². The largest absolute Gasteiger partial charge is 0.497 e. The summed E-state index contributed by atoms with van der Waals surface area (Å²) >= 11 is 0. The van der Waals surface area contributed by atoms with Crippen LogP contribution in [0.2, 0.25) is 0 Å². The number of ether oxygens (including phenoxy) is 2. The third-order valence-electron chi connectivity index (χ3n) is 2.89. The molecular formula is C15H18O2. The van der Waals surface area contributed by atoms with Crippen molar-refractivity contribution < 1.29 is 9.47 Å². The summed E-state index contributed by atoms with van der Waals surface area (Å²) < 4.78 is 11.1. The van der Waals surface area contributed by atoms with Crippen LogP contribution in [0.15, 0.2) is 48.1 Å². The van der Waals surface area contributed by atoms with Gasteiger partial charge in [-0.2, -0.15) is 0 Å². The third-order valence-corrected chi connectivity index (χ3v) is 2.89. The fraction of sp³-hybridized carbons (Fsp3) is 0.333. The fourth-order valence-electron chi connectivity index (χ4n) is 2.06. The average molecular weight is 230 g/mol. The molecule has 1 heterocycles. The van der Waals surface area contributed by atoms with E-state index in [9.17, 15) is 0 Å². The van der Waals surface area contributed by atoms with Crippen LogP contribution >= 0.6 is 0 Å². The second kappa shape index (κ2) is 5.19. The van der Waals surface area contributed by atoms with E-state index in [2.05, 4.69) is 25.6 Å². The zero-order valence-corrected chi connectivity index (χ0v) is 10.4. The van der Waals surface area contributed by atoms with Crippen molar-refractivity contribution in [1.29, 1.82) is 0 Å². The monoisotopic (exact) mass is 230 g/mol. The lowest BCUT2D eigenvalue weighted by Gasteiger charge is -2.17. The molecule has 1 aliphatic heterocycles. The molecule has 2 nitrogen and oxygen atoms in total. The zero-order chi connectivity index (χ0) is 12.3. The smallest absolute Gasteiger partial charge is 0.119 e. The Morgan fingerprint density at radius 3 is 3.00 bits per heavy atom. The number of rotatable bonds is 2. The minimum Gasteiger partial charge on any atom is -0.497 e. The van der Waals surface area contributed by atoms with Gasteiger partial charge in [-0.1, -0.05) is 30.4 Å². The van der Waals surface area contributed by atoms with E-state index in [0.717, 1.165) is 23.3 Å². The van der Waals surface area contributed by atoms with Gasteiger partial charge in [0.2, 0.25) is 0 Å². The van der Waals surface area contributed by atoms with Gasteiger partial charge < -0.3 is 9.47 Å². The molecule has 1 unspecified atom stereocenters. The zero-order valence-electron chi connectivity index (χ0n) is 10.4. The Bertz CT molecular complexity index is 446. The van der Waals surface area contributed by atoms with Crippen molar-refractivity contribution in [2.75, 3.05) is 13.7 Å². The highest BCUT2D eigenvalue weighted by molar-refractivity contribution is 5.32. The summed E-state index contributed by atoms with van der Waals surface area (Å²) in [6.45, 7) is 6.67. The number of methoxy groups -OCH3 is 1. The van der Waals surface area contributed by atoms with Crippen LogP contribution in [0.25, 0.3) is 0 Å². The molecule has 1 atom stereocenters. The molecule has 1 aromatic carbocycles. The highest BCUT2D eigenvalue weighted by Crippen LogP contribution is 2.30. The van der Waals surface area contributed by atoms with E-state index in [1.807, 2.05) is 18.2 Å². The first kappa shape index (κ1) is 11.9. The predicted octanol–water partition coefficient (Wildman–Crippen LogP) is 3.66. The first-order valence-corrected chi connectivity index (χ1v) is 5.79. The molecule has 0 aliphatic carbocycles. The molecule has 0 spiro atoms. The van der Waals surface area contributed by atoms with Crippen molar-refractivity contribution in [1.82, 2.24) is 0 Å². The molecule has 0 fully saturated rings. The number of hydrogen-bond donors (Lipinski definition) is 0. The molecule has 1 aliphatic rings. The van der Waals surface area contributed by atoms with Crippen LogP contribution in [0, 0.1) is 0 Å². The lowest BCUT2D eigenvalue weighted by molar-refractivity contribution is 0.0744. The molecule has 0 bridgehead atoms. The Hall–Kier alpha value is -1.54. The summed E-state index contributed by atoms with van der Waals surface area (Å²) in [6.07, 6.45) is 3.12. The van der Waals surface area contributed by atoms with Gasteiger partial charge in [-0.05, 0) is 36.6 Å². The van der Waals surface area contributed by atoms with E-state index in [1.165, 1.54) is 5.57 Å². The SMILES string of the molecule is C=C1C=C(C)CC(c2cccc(OC)c2)OC1. The van der Waals surface area contributed by atoms with Gasteiger partial charge in [-0.25, -0.2) is 0 Å². The molecule has 0 aromatic heterocycles. The average Bonchev–Trinajstić information content (AvgIpc) is 2.50. The Morgan fingerprint density at radius 2 is 2.24 bits per heavy atom. The quantitative estimate of drug-likeness (QED) is 0.772. The molecule has 90 valence electrons. The minimum atomic E-state index is 0.0978. The van der Waals surface area contributed by atoms with Crippen molar-refractivity contribution in [2.24, 2.45) is 0 Å². The van der Waals surface area contributed by atoms with Crippen LogP contribution in [0.3, 0.4) is 0 Å². The van der Waals surface area contributed by atoms with Crippen molar-refractivity contribution >= 4 is 0 Å². The maximum Gasteiger partial charge on any atom is 0.119 e. The summed E-state index contributed by atoms with van der Waals surface area (Å²) in [6, 6.07) is 8.05. The first-order chi connectivity index (χ1) is 8.19. The summed E-state index contributed by atoms with van der Waals surface area (Å²) in [5, 5.41) is 0. The highest BCUT2D eigenvalue weighted by atomic mass is 16.5. The van der Waals surface area contributed by atoms with E-state index in [4.69, 9.17) is 9.47 Å². The second-order valence-corrected chi connectivity index (χ2v) is 4.43. The number of hydrogen-bond acceptors (Lipinski definition) is 2. The molecule has 17 heavy (non-hydrogen) atoms. The van der Waals surface area contributed by atoms with Gasteiger partial charge >= 0.3 is 0 Å². The van der Waals surface area contributed by atoms with Gasteiger partial charge in [0.1, 0.15) is 5.75 Å². The van der Waals surface area contributed by atoms with Gasteiger partial charge in [-0.3, -0.25) is 0 Å². The van der Waals surface area contributed by atoms with Crippen molar-refractivity contribution in [3.8, 4) is 5.75 Å². The Labute approximate surface area is 103 Å². The fourth-order valence-corrected chi connectivity index (χ4v) is 2.06. The van der Waals surface area contributed by atoms with Crippen LogP contribution < -0.4 is 4.74 Å². The maximum atomic E-state index is 5.86. The summed E-state index contributed by atoms with van der Waals surface area (Å²) in [5.41, 5.74) is 3.50. The van der Waals surface area contributed by atoms with E-state index in [-0.39, 0.29) is 6.10 Å². The van der Waals surface area contributed by atoms with E-state index in [0.29, 0.717) is 6.61 Å². The molecule has 0 N–H and O–H groups in total. The van der Waals surface area contributed by atoms with Crippen LogP contribution in [-0.2, 0) is 4.74 Å². The van der Waals surface area contributed by atoms with Gasteiger partial charge in [-0.15, -0.1) is 0 Å². The summed E-state index contributed by atoms with van der Waals surface area (Å²) in [7, 11) is 1.68. The van der Waals surface area contributed by atoms with Crippen LogP contribution in [-0.4, -0.2) is 13.7 Å². The molecule has 0 amide bonds. The molecule has 2 rings (SSSR count). The third kappa shape index (κ3) is 2.98.